The summed E-state index contributed by atoms with van der Waals surface area (Å²) in [6, 6.07) is 46.9. The van der Waals surface area contributed by atoms with Crippen molar-refractivity contribution in [3.8, 4) is 27.9 Å². The van der Waals surface area contributed by atoms with Crippen LogP contribution in [0.3, 0.4) is 0 Å². The summed E-state index contributed by atoms with van der Waals surface area (Å²) >= 11 is 0. The predicted molar refractivity (Wildman–Crippen MR) is 186 cm³/mol. The van der Waals surface area contributed by atoms with Crippen LogP contribution in [0.1, 0.15) is 37.7 Å². The van der Waals surface area contributed by atoms with Gasteiger partial charge in [-0.05, 0) is 96.0 Å². The summed E-state index contributed by atoms with van der Waals surface area (Å²) in [5.41, 5.74) is 11.3. The van der Waals surface area contributed by atoms with Gasteiger partial charge in [-0.1, -0.05) is 118 Å². The van der Waals surface area contributed by atoms with Gasteiger partial charge in [-0.2, -0.15) is 0 Å². The van der Waals surface area contributed by atoms with Gasteiger partial charge in [-0.3, -0.25) is 4.57 Å². The summed E-state index contributed by atoms with van der Waals surface area (Å²) < 4.78 is 2.29. The van der Waals surface area contributed by atoms with Crippen LogP contribution in [0.5, 0.6) is 0 Å². The molecule has 1 heterocycles. The minimum absolute atomic E-state index is 0.123. The van der Waals surface area contributed by atoms with Crippen molar-refractivity contribution in [2.24, 2.45) is 0 Å². The number of aromatic nitrogens is 2. The first-order valence-corrected chi connectivity index (χ1v) is 15.6. The lowest BCUT2D eigenvalue weighted by Crippen LogP contribution is -2.16. The van der Waals surface area contributed by atoms with Gasteiger partial charge in [-0.25, -0.2) is 4.98 Å². The van der Waals surface area contributed by atoms with Crippen LogP contribution in [0.25, 0.3) is 71.3 Å². The minimum Gasteiger partial charge on any atom is -0.296 e. The standard InChI is InChI=1S/C42H32N2/c1-4-38-43-36-15-9-10-16-37(36)44(38)29-21-17-26(18-22-29)27-19-23-30-28(25-27)20-24-35-39-33-13-7-5-11-31(33)32-12-6-8-14-34(32)41(39)42(2,3)40(30)35/h5-25H,4H2,1-3H3. The fourth-order valence-corrected chi connectivity index (χ4v) is 7.99. The molecule has 0 saturated carbocycles. The molecule has 0 aliphatic heterocycles. The first-order chi connectivity index (χ1) is 21.5. The highest BCUT2D eigenvalue weighted by Crippen LogP contribution is 2.56. The Bertz CT molecular complexity index is 2440. The summed E-state index contributed by atoms with van der Waals surface area (Å²) in [7, 11) is 0. The zero-order chi connectivity index (χ0) is 29.6. The molecule has 0 spiro atoms. The lowest BCUT2D eigenvalue weighted by atomic mass is 9.77. The lowest BCUT2D eigenvalue weighted by Gasteiger charge is -2.25. The second-order valence-electron chi connectivity index (χ2n) is 12.6. The lowest BCUT2D eigenvalue weighted by molar-refractivity contribution is 0.672. The summed E-state index contributed by atoms with van der Waals surface area (Å²) in [5, 5.41) is 8.01. The van der Waals surface area contributed by atoms with Gasteiger partial charge in [0.25, 0.3) is 0 Å². The molecule has 0 amide bonds. The maximum absolute atomic E-state index is 4.87. The van der Waals surface area contributed by atoms with E-state index in [9.17, 15) is 0 Å². The molecular formula is C42H32N2. The normalized spacial score (nSPS) is 13.6. The van der Waals surface area contributed by atoms with Crippen molar-refractivity contribution in [3.63, 3.8) is 0 Å². The number of hydrogen-bond donors (Lipinski definition) is 0. The number of rotatable bonds is 3. The summed E-state index contributed by atoms with van der Waals surface area (Å²) in [4.78, 5) is 4.87. The third kappa shape index (κ3) is 3.40. The van der Waals surface area contributed by atoms with E-state index in [4.69, 9.17) is 4.98 Å². The molecule has 0 unspecified atom stereocenters. The van der Waals surface area contributed by atoms with Crippen molar-refractivity contribution in [3.05, 3.63) is 144 Å². The van der Waals surface area contributed by atoms with Crippen LogP contribution in [0.15, 0.2) is 127 Å². The predicted octanol–water partition coefficient (Wildman–Crippen LogP) is 11.0. The average molecular weight is 565 g/mol. The maximum Gasteiger partial charge on any atom is 0.114 e. The summed E-state index contributed by atoms with van der Waals surface area (Å²) in [6.07, 6.45) is 0.886. The number of nitrogens with zero attached hydrogens (tertiary/aromatic N) is 2. The summed E-state index contributed by atoms with van der Waals surface area (Å²) in [6.45, 7) is 6.99. The van der Waals surface area contributed by atoms with E-state index in [1.54, 1.807) is 0 Å². The Balaban J connectivity index is 1.18. The molecule has 0 fully saturated rings. The third-order valence-electron chi connectivity index (χ3n) is 9.88. The molecule has 0 N–H and O–H groups in total. The highest BCUT2D eigenvalue weighted by molar-refractivity contribution is 6.19. The first kappa shape index (κ1) is 25.3. The minimum atomic E-state index is -0.123. The molecule has 44 heavy (non-hydrogen) atoms. The van der Waals surface area contributed by atoms with Gasteiger partial charge >= 0.3 is 0 Å². The topological polar surface area (TPSA) is 17.8 Å². The SMILES string of the molecule is CCc1nc2ccccc2n1-c1ccc(-c2ccc3c4c(ccc3c2)-c2c(c3ccccc3c3ccccc23)C4(C)C)cc1. The monoisotopic (exact) mass is 564 g/mol. The van der Waals surface area contributed by atoms with Gasteiger partial charge in [0, 0.05) is 17.5 Å². The van der Waals surface area contributed by atoms with Gasteiger partial charge in [0.1, 0.15) is 5.82 Å². The highest BCUT2D eigenvalue weighted by Gasteiger charge is 2.39. The van der Waals surface area contributed by atoms with Gasteiger partial charge in [0.05, 0.1) is 11.0 Å². The van der Waals surface area contributed by atoms with Crippen molar-refractivity contribution in [2.45, 2.75) is 32.6 Å². The maximum atomic E-state index is 4.87. The molecule has 2 heteroatoms. The van der Waals surface area contributed by atoms with Crippen LogP contribution < -0.4 is 0 Å². The van der Waals surface area contributed by atoms with Crippen LogP contribution in [0, 0.1) is 0 Å². The smallest absolute Gasteiger partial charge is 0.114 e. The second-order valence-corrected chi connectivity index (χ2v) is 12.6. The number of fused-ring (bicyclic) bond motifs is 11. The molecule has 9 rings (SSSR count). The fourth-order valence-electron chi connectivity index (χ4n) is 7.99. The van der Waals surface area contributed by atoms with E-state index < -0.39 is 0 Å². The van der Waals surface area contributed by atoms with E-state index in [0.717, 1.165) is 29.0 Å². The Kier molecular flexibility index (Phi) is 5.26. The molecule has 2 nitrogen and oxygen atoms in total. The Hall–Kier alpha value is -5.21. The van der Waals surface area contributed by atoms with Crippen molar-refractivity contribution >= 4 is 43.4 Å². The highest BCUT2D eigenvalue weighted by atomic mass is 15.1. The first-order valence-electron chi connectivity index (χ1n) is 15.6. The van der Waals surface area contributed by atoms with Crippen molar-refractivity contribution in [1.29, 1.82) is 0 Å². The van der Waals surface area contributed by atoms with Crippen molar-refractivity contribution in [2.75, 3.05) is 0 Å². The molecule has 0 atom stereocenters. The third-order valence-corrected chi connectivity index (χ3v) is 9.88. The number of imidazole rings is 1. The van der Waals surface area contributed by atoms with Crippen LogP contribution >= 0.6 is 0 Å². The number of hydrogen-bond acceptors (Lipinski definition) is 1. The van der Waals surface area contributed by atoms with Gasteiger partial charge in [-0.15, -0.1) is 0 Å². The van der Waals surface area contributed by atoms with Crippen LogP contribution in [0.2, 0.25) is 0 Å². The zero-order valence-corrected chi connectivity index (χ0v) is 25.2. The van der Waals surface area contributed by atoms with Gasteiger partial charge in [0.2, 0.25) is 0 Å². The molecule has 8 aromatic rings. The number of benzene rings is 7. The van der Waals surface area contributed by atoms with Crippen LogP contribution in [0.4, 0.5) is 0 Å². The molecule has 1 aliphatic carbocycles. The largest absolute Gasteiger partial charge is 0.296 e. The van der Waals surface area contributed by atoms with E-state index in [-0.39, 0.29) is 5.41 Å². The van der Waals surface area contributed by atoms with Gasteiger partial charge in [0.15, 0.2) is 0 Å². The summed E-state index contributed by atoms with van der Waals surface area (Å²) in [5.74, 6) is 1.09. The van der Waals surface area contributed by atoms with E-state index in [2.05, 4.69) is 153 Å². The fraction of sp³-hybridized carbons (Fsp3) is 0.119. The van der Waals surface area contributed by atoms with E-state index in [0.29, 0.717) is 0 Å². The van der Waals surface area contributed by atoms with E-state index >= 15 is 0 Å². The molecule has 0 bridgehead atoms. The van der Waals surface area contributed by atoms with Gasteiger partial charge < -0.3 is 0 Å². The van der Waals surface area contributed by atoms with E-state index in [1.807, 2.05) is 0 Å². The molecule has 0 saturated heterocycles. The van der Waals surface area contributed by atoms with Crippen molar-refractivity contribution < 1.29 is 0 Å². The molecular weight excluding hydrogens is 532 g/mol. The Morgan fingerprint density at radius 1 is 0.591 bits per heavy atom. The molecule has 0 radical (unpaired) electrons. The van der Waals surface area contributed by atoms with E-state index in [1.165, 1.54) is 65.7 Å². The quantitative estimate of drug-likeness (QED) is 0.195. The number of para-hydroxylation sites is 2. The Labute approximate surface area is 257 Å². The second kappa shape index (κ2) is 9.14. The average Bonchev–Trinajstić information content (AvgIpc) is 3.57. The number of aryl methyl sites for hydroxylation is 1. The Morgan fingerprint density at radius 3 is 2.02 bits per heavy atom. The molecule has 7 aromatic carbocycles. The molecule has 1 aromatic heterocycles. The Morgan fingerprint density at radius 2 is 1.25 bits per heavy atom. The molecule has 210 valence electrons. The zero-order valence-electron chi connectivity index (χ0n) is 25.2. The van der Waals surface area contributed by atoms with Crippen molar-refractivity contribution in [1.82, 2.24) is 9.55 Å². The van der Waals surface area contributed by atoms with Crippen LogP contribution in [-0.2, 0) is 11.8 Å². The molecule has 1 aliphatic rings. The van der Waals surface area contributed by atoms with Crippen LogP contribution in [-0.4, -0.2) is 9.55 Å².